The lowest BCUT2D eigenvalue weighted by atomic mass is 10.0. The highest BCUT2D eigenvalue weighted by atomic mass is 16.5. The van der Waals surface area contributed by atoms with Crippen LogP contribution in [0.4, 0.5) is 0 Å². The van der Waals surface area contributed by atoms with E-state index in [0.29, 0.717) is 41.4 Å². The molecule has 1 heterocycles. The number of rotatable bonds is 10. The Kier molecular flexibility index (Phi) is 10.0. The minimum Gasteiger partial charge on any atom is -0.497 e. The predicted molar refractivity (Wildman–Crippen MR) is 161 cm³/mol. The zero-order valence-electron chi connectivity index (χ0n) is 24.6. The Hall–Kier alpha value is -4.30. The molecule has 41 heavy (non-hydrogen) atoms. The van der Waals surface area contributed by atoms with Gasteiger partial charge in [-0.05, 0) is 72.6 Å². The van der Waals surface area contributed by atoms with Gasteiger partial charge in [0.05, 0.1) is 14.2 Å². The summed E-state index contributed by atoms with van der Waals surface area (Å²) in [5.41, 5.74) is 3.18. The number of hydrogen-bond acceptors (Lipinski definition) is 6. The molecule has 1 saturated heterocycles. The summed E-state index contributed by atoms with van der Waals surface area (Å²) in [4.78, 5) is 31.4. The lowest BCUT2D eigenvalue weighted by molar-refractivity contribution is -0.132. The Balaban J connectivity index is 1.42. The fourth-order valence-corrected chi connectivity index (χ4v) is 4.62. The third-order valence-electron chi connectivity index (χ3n) is 7.13. The molecule has 1 fully saturated rings. The van der Waals surface area contributed by atoms with Gasteiger partial charge in [-0.25, -0.2) is 0 Å². The van der Waals surface area contributed by atoms with Gasteiger partial charge in [-0.3, -0.25) is 9.59 Å². The van der Waals surface area contributed by atoms with Crippen molar-refractivity contribution in [3.8, 4) is 23.0 Å². The normalized spacial score (nSPS) is 14.0. The van der Waals surface area contributed by atoms with Gasteiger partial charge >= 0.3 is 0 Å². The van der Waals surface area contributed by atoms with Gasteiger partial charge in [-0.15, -0.1) is 0 Å². The summed E-state index contributed by atoms with van der Waals surface area (Å²) >= 11 is 0. The first-order valence-electron chi connectivity index (χ1n) is 13.8. The van der Waals surface area contributed by atoms with Crippen molar-refractivity contribution in [1.29, 1.82) is 0 Å². The maximum absolute atomic E-state index is 13.1. The zero-order chi connectivity index (χ0) is 29.4. The molecule has 1 aliphatic heterocycles. The molecule has 3 aromatic carbocycles. The van der Waals surface area contributed by atoms with Crippen LogP contribution in [-0.2, 0) is 16.0 Å². The second-order valence-electron chi connectivity index (χ2n) is 10.4. The van der Waals surface area contributed by atoms with Gasteiger partial charge < -0.3 is 28.9 Å². The van der Waals surface area contributed by atoms with Crippen molar-refractivity contribution in [1.82, 2.24) is 14.7 Å². The Morgan fingerprint density at radius 1 is 0.805 bits per heavy atom. The Labute approximate surface area is 242 Å². The molecule has 8 nitrogen and oxygen atoms in total. The van der Waals surface area contributed by atoms with Crippen molar-refractivity contribution in [3.05, 3.63) is 83.4 Å². The van der Waals surface area contributed by atoms with E-state index in [4.69, 9.17) is 14.2 Å². The van der Waals surface area contributed by atoms with Crippen LogP contribution in [0.25, 0.3) is 11.6 Å². The fourth-order valence-electron chi connectivity index (χ4n) is 4.62. The molecule has 0 saturated carbocycles. The molecular weight excluding hydrogens is 518 g/mol. The molecule has 4 rings (SSSR count). The molecule has 0 unspecified atom stereocenters. The Morgan fingerprint density at radius 2 is 1.37 bits per heavy atom. The monoisotopic (exact) mass is 557 g/mol. The maximum atomic E-state index is 13.1. The maximum Gasteiger partial charge on any atom is 0.253 e. The highest BCUT2D eigenvalue weighted by molar-refractivity contribution is 6.24. The number of ether oxygens (including phenoxy) is 3. The lowest BCUT2D eigenvalue weighted by Crippen LogP contribution is -2.47. The van der Waals surface area contributed by atoms with E-state index in [2.05, 4.69) is 11.9 Å². The summed E-state index contributed by atoms with van der Waals surface area (Å²) in [5, 5.41) is 0. The summed E-state index contributed by atoms with van der Waals surface area (Å²) in [6.45, 7) is 3.47. The number of carbonyl (C=O) groups excluding carboxylic acids is 2. The largest absolute Gasteiger partial charge is 0.497 e. The van der Waals surface area contributed by atoms with E-state index in [1.807, 2.05) is 71.6 Å². The SMILES string of the molecule is COc1cc(C=C(C(=O)N(C)C)c2ccc(Oc3ccc(CCC(=O)N4CCN(C)CC4)cc3)cc2)cc(OC)c1. The first kappa shape index (κ1) is 29.7. The molecule has 3 aromatic rings. The average Bonchev–Trinajstić information content (AvgIpc) is 2.99. The van der Waals surface area contributed by atoms with Crippen LogP contribution in [0.1, 0.15) is 23.1 Å². The number of nitrogens with zero attached hydrogens (tertiary/aromatic N) is 3. The van der Waals surface area contributed by atoms with E-state index in [0.717, 1.165) is 42.9 Å². The van der Waals surface area contributed by atoms with Crippen LogP contribution in [0, 0.1) is 0 Å². The third-order valence-corrected chi connectivity index (χ3v) is 7.13. The van der Waals surface area contributed by atoms with Crippen molar-refractivity contribution < 1.29 is 23.8 Å². The van der Waals surface area contributed by atoms with Crippen molar-refractivity contribution in [3.63, 3.8) is 0 Å². The zero-order valence-corrected chi connectivity index (χ0v) is 24.6. The summed E-state index contributed by atoms with van der Waals surface area (Å²) < 4.78 is 16.8. The standard InChI is InChI=1S/C33H39N3O5/c1-34(2)33(38)31(22-25-20-29(39-4)23-30(21-25)40-5)26-9-13-28(14-10-26)41-27-11-6-24(7-12-27)8-15-32(37)36-18-16-35(3)17-19-36/h6-7,9-14,20-23H,8,15-19H2,1-5H3. The van der Waals surface area contributed by atoms with Gasteiger partial charge in [0, 0.05) is 58.3 Å². The molecular formula is C33H39N3O5. The summed E-state index contributed by atoms with van der Waals surface area (Å²) in [7, 11) is 8.73. The van der Waals surface area contributed by atoms with Gasteiger partial charge in [-0.1, -0.05) is 24.3 Å². The van der Waals surface area contributed by atoms with E-state index in [-0.39, 0.29) is 11.8 Å². The molecule has 0 spiro atoms. The Morgan fingerprint density at radius 3 is 1.90 bits per heavy atom. The van der Waals surface area contributed by atoms with Crippen molar-refractivity contribution in [2.75, 3.05) is 61.5 Å². The van der Waals surface area contributed by atoms with Gasteiger partial charge in [0.25, 0.3) is 5.91 Å². The van der Waals surface area contributed by atoms with Crippen molar-refractivity contribution in [2.24, 2.45) is 0 Å². The van der Waals surface area contributed by atoms with Crippen LogP contribution < -0.4 is 14.2 Å². The molecule has 1 aliphatic rings. The quantitative estimate of drug-likeness (QED) is 0.263. The summed E-state index contributed by atoms with van der Waals surface area (Å²) in [5.74, 6) is 2.74. The van der Waals surface area contributed by atoms with Crippen LogP contribution in [0.15, 0.2) is 66.7 Å². The second kappa shape index (κ2) is 13.9. The molecule has 8 heteroatoms. The summed E-state index contributed by atoms with van der Waals surface area (Å²) in [6.07, 6.45) is 3.04. The van der Waals surface area contributed by atoms with E-state index in [1.165, 1.54) is 0 Å². The number of benzene rings is 3. The lowest BCUT2D eigenvalue weighted by Gasteiger charge is -2.32. The van der Waals surface area contributed by atoms with Crippen LogP contribution in [0.5, 0.6) is 23.0 Å². The molecule has 2 amide bonds. The van der Waals surface area contributed by atoms with Gasteiger partial charge in [0.15, 0.2) is 0 Å². The minimum atomic E-state index is -0.123. The molecule has 0 bridgehead atoms. The number of carbonyl (C=O) groups is 2. The van der Waals surface area contributed by atoms with Crippen molar-refractivity contribution >= 4 is 23.5 Å². The molecule has 0 aliphatic carbocycles. The van der Waals surface area contributed by atoms with E-state index >= 15 is 0 Å². The van der Waals surface area contributed by atoms with Crippen LogP contribution in [-0.4, -0.2) is 88.1 Å². The highest BCUT2D eigenvalue weighted by Gasteiger charge is 2.19. The number of methoxy groups -OCH3 is 2. The van der Waals surface area contributed by atoms with Crippen LogP contribution >= 0.6 is 0 Å². The number of piperazine rings is 1. The second-order valence-corrected chi connectivity index (χ2v) is 10.4. The number of likely N-dealkylation sites (N-methyl/N-ethyl adjacent to an activating group) is 2. The number of amides is 2. The van der Waals surface area contributed by atoms with E-state index < -0.39 is 0 Å². The van der Waals surface area contributed by atoms with Crippen molar-refractivity contribution in [2.45, 2.75) is 12.8 Å². The number of aryl methyl sites for hydroxylation is 1. The van der Waals surface area contributed by atoms with E-state index in [1.54, 1.807) is 39.3 Å². The van der Waals surface area contributed by atoms with Crippen LogP contribution in [0.2, 0.25) is 0 Å². The molecule has 0 N–H and O–H groups in total. The molecule has 0 aromatic heterocycles. The first-order chi connectivity index (χ1) is 19.7. The third kappa shape index (κ3) is 8.11. The van der Waals surface area contributed by atoms with Gasteiger partial charge in [0.2, 0.25) is 5.91 Å². The average molecular weight is 558 g/mol. The van der Waals surface area contributed by atoms with E-state index in [9.17, 15) is 9.59 Å². The number of hydrogen-bond donors (Lipinski definition) is 0. The molecule has 216 valence electrons. The van der Waals surface area contributed by atoms with Crippen LogP contribution in [0.3, 0.4) is 0 Å². The molecule has 0 atom stereocenters. The van der Waals surface area contributed by atoms with Gasteiger partial charge in [0.1, 0.15) is 23.0 Å². The topological polar surface area (TPSA) is 71.5 Å². The smallest absolute Gasteiger partial charge is 0.253 e. The first-order valence-corrected chi connectivity index (χ1v) is 13.8. The summed E-state index contributed by atoms with van der Waals surface area (Å²) in [6, 6.07) is 20.8. The predicted octanol–water partition coefficient (Wildman–Crippen LogP) is 4.83. The minimum absolute atomic E-state index is 0.123. The fraction of sp³-hybridized carbons (Fsp3) is 0.333. The van der Waals surface area contributed by atoms with Gasteiger partial charge in [-0.2, -0.15) is 0 Å². The molecule has 0 radical (unpaired) electrons. The Bertz CT molecular complexity index is 1340. The highest BCUT2D eigenvalue weighted by Crippen LogP contribution is 2.29.